The molecule has 0 aliphatic carbocycles. The van der Waals surface area contributed by atoms with Crippen molar-refractivity contribution < 1.29 is 14.3 Å². The summed E-state index contributed by atoms with van der Waals surface area (Å²) in [5.41, 5.74) is 5.56. The summed E-state index contributed by atoms with van der Waals surface area (Å²) >= 11 is 3.33. The number of anilines is 1. The molecule has 1 aromatic carbocycles. The van der Waals surface area contributed by atoms with Gasteiger partial charge in [0.1, 0.15) is 11.8 Å². The van der Waals surface area contributed by atoms with E-state index in [-0.39, 0.29) is 0 Å². The minimum absolute atomic E-state index is 0.499. The Hall–Kier alpha value is -1.76. The zero-order valence-corrected chi connectivity index (χ0v) is 11.6. The molecule has 0 fully saturated rings. The molecular weight excluding hydrogens is 302 g/mol. The molecule has 6 nitrogen and oxygen atoms in total. The van der Waals surface area contributed by atoms with Gasteiger partial charge in [-0.15, -0.1) is 0 Å². The highest BCUT2D eigenvalue weighted by Crippen LogP contribution is 2.24. The van der Waals surface area contributed by atoms with Crippen molar-refractivity contribution in [2.24, 2.45) is 5.73 Å². The van der Waals surface area contributed by atoms with Crippen LogP contribution in [0.1, 0.15) is 6.92 Å². The van der Waals surface area contributed by atoms with E-state index in [1.165, 1.54) is 0 Å². The Kier molecular flexibility index (Phi) is 4.96. The standard InChI is InChI=1S/C11H14BrN3O3/c1-6(10(16)15-11(13)17)14-8-3-7(12)4-9(5-8)18-2/h3-6,14H,1-2H3,(H3,13,15,16,17). The summed E-state index contributed by atoms with van der Waals surface area (Å²) in [5, 5.41) is 4.93. The topological polar surface area (TPSA) is 93.4 Å². The number of urea groups is 1. The van der Waals surface area contributed by atoms with Gasteiger partial charge in [-0.3, -0.25) is 10.1 Å². The van der Waals surface area contributed by atoms with Crippen LogP contribution in [0.4, 0.5) is 10.5 Å². The molecule has 7 heteroatoms. The van der Waals surface area contributed by atoms with Crippen LogP contribution >= 0.6 is 15.9 Å². The SMILES string of the molecule is COc1cc(Br)cc(NC(C)C(=O)NC(N)=O)c1. The minimum atomic E-state index is -0.875. The number of imide groups is 1. The smallest absolute Gasteiger partial charge is 0.318 e. The average Bonchev–Trinajstić information content (AvgIpc) is 2.27. The fourth-order valence-corrected chi connectivity index (χ4v) is 1.78. The van der Waals surface area contributed by atoms with Crippen molar-refractivity contribution >= 4 is 33.6 Å². The van der Waals surface area contributed by atoms with Crippen molar-refractivity contribution in [3.8, 4) is 5.75 Å². The van der Waals surface area contributed by atoms with Gasteiger partial charge in [0, 0.05) is 16.2 Å². The molecule has 0 aliphatic rings. The zero-order chi connectivity index (χ0) is 13.7. The van der Waals surface area contributed by atoms with Gasteiger partial charge < -0.3 is 15.8 Å². The summed E-state index contributed by atoms with van der Waals surface area (Å²) in [4.78, 5) is 22.0. The Morgan fingerprint density at radius 3 is 2.61 bits per heavy atom. The third-order valence-electron chi connectivity index (χ3n) is 2.13. The van der Waals surface area contributed by atoms with Gasteiger partial charge in [-0.05, 0) is 19.1 Å². The van der Waals surface area contributed by atoms with Gasteiger partial charge in [-0.1, -0.05) is 15.9 Å². The third kappa shape index (κ3) is 4.25. The lowest BCUT2D eigenvalue weighted by molar-refractivity contribution is -0.120. The van der Waals surface area contributed by atoms with E-state index >= 15 is 0 Å². The third-order valence-corrected chi connectivity index (χ3v) is 2.59. The number of benzene rings is 1. The van der Waals surface area contributed by atoms with E-state index in [0.717, 1.165) is 4.47 Å². The second kappa shape index (κ2) is 6.25. The molecule has 18 heavy (non-hydrogen) atoms. The lowest BCUT2D eigenvalue weighted by Crippen LogP contribution is -2.43. The van der Waals surface area contributed by atoms with Crippen molar-refractivity contribution in [1.82, 2.24) is 5.32 Å². The highest BCUT2D eigenvalue weighted by atomic mass is 79.9. The number of halogens is 1. The number of hydrogen-bond acceptors (Lipinski definition) is 4. The number of rotatable bonds is 4. The number of methoxy groups -OCH3 is 1. The first-order valence-corrected chi connectivity index (χ1v) is 5.93. The Balaban J connectivity index is 2.75. The minimum Gasteiger partial charge on any atom is -0.497 e. The van der Waals surface area contributed by atoms with Gasteiger partial charge in [0.25, 0.3) is 0 Å². The molecule has 1 rings (SSSR count). The zero-order valence-electron chi connectivity index (χ0n) is 9.99. The maximum Gasteiger partial charge on any atom is 0.318 e. The number of nitrogens with two attached hydrogens (primary N) is 1. The van der Waals surface area contributed by atoms with Crippen LogP contribution in [0.15, 0.2) is 22.7 Å². The average molecular weight is 316 g/mol. The normalized spacial score (nSPS) is 11.5. The molecule has 1 unspecified atom stereocenters. The molecular formula is C11H14BrN3O3. The fraction of sp³-hybridized carbons (Fsp3) is 0.273. The summed E-state index contributed by atoms with van der Waals surface area (Å²) in [5.74, 6) is 0.149. The molecule has 4 N–H and O–H groups in total. The fourth-order valence-electron chi connectivity index (χ4n) is 1.31. The van der Waals surface area contributed by atoms with E-state index in [0.29, 0.717) is 11.4 Å². The van der Waals surface area contributed by atoms with E-state index in [1.807, 2.05) is 5.32 Å². The van der Waals surface area contributed by atoms with Crippen LogP contribution in [-0.4, -0.2) is 25.1 Å². The first kappa shape index (κ1) is 14.3. The monoisotopic (exact) mass is 315 g/mol. The molecule has 3 amide bonds. The van der Waals surface area contributed by atoms with Gasteiger partial charge in [-0.25, -0.2) is 4.79 Å². The number of primary amides is 1. The lowest BCUT2D eigenvalue weighted by Gasteiger charge is -2.15. The van der Waals surface area contributed by atoms with Gasteiger partial charge >= 0.3 is 6.03 Å². The molecule has 0 bridgehead atoms. The molecule has 1 atom stereocenters. The van der Waals surface area contributed by atoms with E-state index < -0.39 is 18.0 Å². The highest BCUT2D eigenvalue weighted by Gasteiger charge is 2.14. The second-order valence-electron chi connectivity index (χ2n) is 3.60. The number of hydrogen-bond donors (Lipinski definition) is 3. The lowest BCUT2D eigenvalue weighted by atomic mass is 10.2. The Morgan fingerprint density at radius 2 is 2.06 bits per heavy atom. The number of carbonyl (C=O) groups excluding carboxylic acids is 2. The summed E-state index contributed by atoms with van der Waals surface area (Å²) in [7, 11) is 1.55. The first-order valence-electron chi connectivity index (χ1n) is 5.14. The summed E-state index contributed by atoms with van der Waals surface area (Å²) in [6, 6.07) is 3.84. The van der Waals surface area contributed by atoms with Crippen LogP contribution in [-0.2, 0) is 4.79 Å². The quantitative estimate of drug-likeness (QED) is 0.784. The van der Waals surface area contributed by atoms with Crippen molar-refractivity contribution in [3.05, 3.63) is 22.7 Å². The van der Waals surface area contributed by atoms with E-state index in [2.05, 4.69) is 21.2 Å². The Morgan fingerprint density at radius 1 is 1.39 bits per heavy atom. The molecule has 0 spiro atoms. The maximum absolute atomic E-state index is 11.5. The van der Waals surface area contributed by atoms with E-state index in [9.17, 15) is 9.59 Å². The molecule has 0 aromatic heterocycles. The van der Waals surface area contributed by atoms with Crippen molar-refractivity contribution in [3.63, 3.8) is 0 Å². The van der Waals surface area contributed by atoms with Crippen molar-refractivity contribution in [2.45, 2.75) is 13.0 Å². The van der Waals surface area contributed by atoms with Crippen LogP contribution in [0.25, 0.3) is 0 Å². The van der Waals surface area contributed by atoms with Crippen LogP contribution in [0.2, 0.25) is 0 Å². The Bertz CT molecular complexity index is 465. The van der Waals surface area contributed by atoms with Crippen LogP contribution in [0.5, 0.6) is 5.75 Å². The summed E-state index contributed by atoms with van der Waals surface area (Å²) < 4.78 is 5.91. The van der Waals surface area contributed by atoms with Crippen LogP contribution in [0, 0.1) is 0 Å². The van der Waals surface area contributed by atoms with Gasteiger partial charge in [-0.2, -0.15) is 0 Å². The predicted molar refractivity (Wildman–Crippen MR) is 71.5 cm³/mol. The van der Waals surface area contributed by atoms with Gasteiger partial charge in [0.05, 0.1) is 7.11 Å². The number of nitrogens with one attached hydrogen (secondary N) is 2. The largest absolute Gasteiger partial charge is 0.497 e. The van der Waals surface area contributed by atoms with E-state index in [1.54, 1.807) is 32.2 Å². The van der Waals surface area contributed by atoms with Crippen LogP contribution in [0.3, 0.4) is 0 Å². The Labute approximate surface area is 113 Å². The van der Waals surface area contributed by atoms with Crippen molar-refractivity contribution in [1.29, 1.82) is 0 Å². The number of carbonyl (C=O) groups is 2. The predicted octanol–water partition coefficient (Wildman–Crippen LogP) is 1.45. The summed E-state index contributed by atoms with van der Waals surface area (Å²) in [6.07, 6.45) is 0. The maximum atomic E-state index is 11.5. The van der Waals surface area contributed by atoms with Gasteiger partial charge in [0.15, 0.2) is 0 Å². The highest BCUT2D eigenvalue weighted by molar-refractivity contribution is 9.10. The molecule has 0 aliphatic heterocycles. The van der Waals surface area contributed by atoms with Gasteiger partial charge in [0.2, 0.25) is 5.91 Å². The van der Waals surface area contributed by atoms with E-state index in [4.69, 9.17) is 10.5 Å². The molecule has 0 saturated carbocycles. The van der Waals surface area contributed by atoms with Crippen LogP contribution < -0.4 is 21.1 Å². The first-order chi connectivity index (χ1) is 8.42. The number of amides is 3. The molecule has 0 saturated heterocycles. The van der Waals surface area contributed by atoms with Crippen molar-refractivity contribution in [2.75, 3.05) is 12.4 Å². The number of ether oxygens (including phenoxy) is 1. The summed E-state index contributed by atoms with van der Waals surface area (Å²) in [6.45, 7) is 1.62. The second-order valence-corrected chi connectivity index (χ2v) is 4.51. The molecule has 1 aromatic rings. The molecule has 98 valence electrons. The molecule has 0 radical (unpaired) electrons. The molecule has 0 heterocycles.